The first kappa shape index (κ1) is 17.6. The summed E-state index contributed by atoms with van der Waals surface area (Å²) in [6.45, 7) is 6.75. The van der Waals surface area contributed by atoms with Crippen LogP contribution in [-0.2, 0) is 18.7 Å². The minimum Gasteiger partial charge on any atom is -0.485 e. The molecule has 0 unspecified atom stereocenters. The van der Waals surface area contributed by atoms with Gasteiger partial charge in [-0.3, -0.25) is 4.57 Å². The standard InChI is InChI=1S/C18H19N5O3S/c1-3-9-23-17(14-10-24-12-7-5-6-8-13(12)25-14)21-22-18(23)27-11-16-20-19-15(4-2)26-16/h3,5-8,14H,1,4,9-11H2,2H3/t14-/m1/s1. The number of aryl methyl sites for hydroxylation is 1. The number of ether oxygens (including phenoxy) is 2. The van der Waals surface area contributed by atoms with Crippen LogP contribution >= 0.6 is 11.8 Å². The summed E-state index contributed by atoms with van der Waals surface area (Å²) in [5, 5.41) is 17.4. The molecule has 0 saturated carbocycles. The van der Waals surface area contributed by atoms with Crippen molar-refractivity contribution in [2.24, 2.45) is 0 Å². The molecule has 1 aromatic carbocycles. The normalized spacial score (nSPS) is 15.7. The predicted molar refractivity (Wildman–Crippen MR) is 98.8 cm³/mol. The quantitative estimate of drug-likeness (QED) is 0.452. The summed E-state index contributed by atoms with van der Waals surface area (Å²) in [6.07, 6.45) is 2.18. The van der Waals surface area contributed by atoms with E-state index in [2.05, 4.69) is 27.0 Å². The van der Waals surface area contributed by atoms with Crippen molar-refractivity contribution in [1.82, 2.24) is 25.0 Å². The molecule has 9 heteroatoms. The van der Waals surface area contributed by atoms with Gasteiger partial charge in [-0.05, 0) is 12.1 Å². The number of thioether (sulfide) groups is 1. The lowest BCUT2D eigenvalue weighted by Gasteiger charge is -2.26. The van der Waals surface area contributed by atoms with Gasteiger partial charge in [0.05, 0.1) is 5.75 Å². The summed E-state index contributed by atoms with van der Waals surface area (Å²) >= 11 is 1.48. The molecule has 1 aliphatic rings. The molecule has 3 heterocycles. The minimum atomic E-state index is -0.336. The number of allylic oxidation sites excluding steroid dienone is 1. The van der Waals surface area contributed by atoms with Crippen LogP contribution in [0.25, 0.3) is 0 Å². The van der Waals surface area contributed by atoms with E-state index >= 15 is 0 Å². The number of fused-ring (bicyclic) bond motifs is 1. The molecule has 140 valence electrons. The van der Waals surface area contributed by atoms with Gasteiger partial charge in [0.2, 0.25) is 11.8 Å². The van der Waals surface area contributed by atoms with Gasteiger partial charge in [-0.1, -0.05) is 36.9 Å². The highest BCUT2D eigenvalue weighted by atomic mass is 32.2. The first-order chi connectivity index (χ1) is 13.3. The molecule has 1 atom stereocenters. The van der Waals surface area contributed by atoms with Crippen molar-refractivity contribution in [3.63, 3.8) is 0 Å². The SMILES string of the molecule is C=CCn1c(SCc2nnc(CC)o2)nnc1[C@H]1COc2ccccc2O1. The number of rotatable bonds is 7. The van der Waals surface area contributed by atoms with Crippen molar-refractivity contribution in [3.8, 4) is 11.5 Å². The zero-order valence-corrected chi connectivity index (χ0v) is 15.7. The predicted octanol–water partition coefficient (Wildman–Crippen LogP) is 3.21. The van der Waals surface area contributed by atoms with Gasteiger partial charge in [0, 0.05) is 13.0 Å². The van der Waals surface area contributed by atoms with Crippen LogP contribution in [0, 0.1) is 0 Å². The molecule has 3 aromatic rings. The second-order valence-electron chi connectivity index (χ2n) is 5.84. The summed E-state index contributed by atoms with van der Waals surface area (Å²) in [5.41, 5.74) is 0. The Kier molecular flexibility index (Phi) is 5.10. The monoisotopic (exact) mass is 385 g/mol. The van der Waals surface area contributed by atoms with Gasteiger partial charge in [0.15, 0.2) is 28.6 Å². The van der Waals surface area contributed by atoms with E-state index in [1.54, 1.807) is 6.08 Å². The lowest BCUT2D eigenvalue weighted by Crippen LogP contribution is -2.25. The second-order valence-corrected chi connectivity index (χ2v) is 6.78. The molecular weight excluding hydrogens is 366 g/mol. The maximum atomic E-state index is 6.07. The second kappa shape index (κ2) is 7.83. The van der Waals surface area contributed by atoms with Crippen LogP contribution in [0.3, 0.4) is 0 Å². The molecule has 27 heavy (non-hydrogen) atoms. The van der Waals surface area contributed by atoms with Crippen molar-refractivity contribution >= 4 is 11.8 Å². The molecule has 0 bridgehead atoms. The zero-order chi connectivity index (χ0) is 18.6. The lowest BCUT2D eigenvalue weighted by molar-refractivity contribution is 0.0821. The van der Waals surface area contributed by atoms with Crippen molar-refractivity contribution < 1.29 is 13.9 Å². The van der Waals surface area contributed by atoms with Gasteiger partial charge in [0.1, 0.15) is 6.61 Å². The van der Waals surface area contributed by atoms with Gasteiger partial charge in [-0.25, -0.2) is 0 Å². The van der Waals surface area contributed by atoms with Gasteiger partial charge in [-0.2, -0.15) is 0 Å². The maximum absolute atomic E-state index is 6.07. The Labute approximate surface area is 160 Å². The van der Waals surface area contributed by atoms with Gasteiger partial charge in [-0.15, -0.1) is 27.0 Å². The maximum Gasteiger partial charge on any atom is 0.226 e. The first-order valence-electron chi connectivity index (χ1n) is 8.65. The van der Waals surface area contributed by atoms with Gasteiger partial charge < -0.3 is 13.9 Å². The fraction of sp³-hybridized carbons (Fsp3) is 0.333. The Morgan fingerprint density at radius 2 is 2.00 bits per heavy atom. The Morgan fingerprint density at radius 3 is 2.78 bits per heavy atom. The van der Waals surface area contributed by atoms with E-state index in [1.807, 2.05) is 35.8 Å². The number of aromatic nitrogens is 5. The molecule has 0 N–H and O–H groups in total. The van der Waals surface area contributed by atoms with Crippen LogP contribution in [0.2, 0.25) is 0 Å². The average Bonchev–Trinajstić information content (AvgIpc) is 3.33. The van der Waals surface area contributed by atoms with Crippen LogP contribution in [-0.4, -0.2) is 31.6 Å². The van der Waals surface area contributed by atoms with E-state index in [9.17, 15) is 0 Å². The Morgan fingerprint density at radius 1 is 1.19 bits per heavy atom. The Hall–Kier alpha value is -2.81. The molecule has 0 spiro atoms. The highest BCUT2D eigenvalue weighted by molar-refractivity contribution is 7.98. The zero-order valence-electron chi connectivity index (χ0n) is 14.9. The number of para-hydroxylation sites is 2. The highest BCUT2D eigenvalue weighted by Crippen LogP contribution is 2.36. The first-order valence-corrected chi connectivity index (χ1v) is 9.63. The Balaban J connectivity index is 1.53. The molecule has 8 nitrogen and oxygen atoms in total. The molecule has 0 radical (unpaired) electrons. The summed E-state index contributed by atoms with van der Waals surface area (Å²) < 4.78 is 19.4. The molecular formula is C18H19N5O3S. The Bertz CT molecular complexity index is 939. The molecule has 2 aromatic heterocycles. The summed E-state index contributed by atoms with van der Waals surface area (Å²) in [6, 6.07) is 7.59. The largest absolute Gasteiger partial charge is 0.485 e. The van der Waals surface area contributed by atoms with Crippen molar-refractivity contribution in [3.05, 3.63) is 54.5 Å². The lowest BCUT2D eigenvalue weighted by atomic mass is 10.2. The number of nitrogens with zero attached hydrogens (tertiary/aromatic N) is 5. The summed E-state index contributed by atoms with van der Waals surface area (Å²) in [7, 11) is 0. The van der Waals surface area contributed by atoms with Gasteiger partial charge >= 0.3 is 0 Å². The summed E-state index contributed by atoms with van der Waals surface area (Å²) in [4.78, 5) is 0. The number of hydrogen-bond acceptors (Lipinski definition) is 8. The van der Waals surface area contributed by atoms with Crippen LogP contribution in [0.4, 0.5) is 0 Å². The third kappa shape index (κ3) is 3.68. The van der Waals surface area contributed by atoms with Crippen LogP contribution in [0.15, 0.2) is 46.5 Å². The third-order valence-electron chi connectivity index (χ3n) is 3.99. The van der Waals surface area contributed by atoms with Crippen molar-refractivity contribution in [1.29, 1.82) is 0 Å². The van der Waals surface area contributed by atoms with Crippen LogP contribution < -0.4 is 9.47 Å². The van der Waals surface area contributed by atoms with E-state index in [4.69, 9.17) is 13.9 Å². The highest BCUT2D eigenvalue weighted by Gasteiger charge is 2.28. The minimum absolute atomic E-state index is 0.336. The molecule has 0 aliphatic carbocycles. The third-order valence-corrected chi connectivity index (χ3v) is 4.94. The smallest absolute Gasteiger partial charge is 0.226 e. The molecule has 0 fully saturated rings. The average molecular weight is 385 g/mol. The van der Waals surface area contributed by atoms with E-state index in [-0.39, 0.29) is 6.10 Å². The van der Waals surface area contributed by atoms with E-state index < -0.39 is 0 Å². The van der Waals surface area contributed by atoms with Crippen LogP contribution in [0.5, 0.6) is 11.5 Å². The van der Waals surface area contributed by atoms with Gasteiger partial charge in [0.25, 0.3) is 0 Å². The topological polar surface area (TPSA) is 88.1 Å². The molecule has 0 amide bonds. The van der Waals surface area contributed by atoms with Crippen molar-refractivity contribution in [2.45, 2.75) is 36.9 Å². The number of benzene rings is 1. The molecule has 1 aliphatic heterocycles. The van der Waals surface area contributed by atoms with E-state index in [0.29, 0.717) is 42.3 Å². The molecule has 4 rings (SSSR count). The van der Waals surface area contributed by atoms with Crippen LogP contribution in [0.1, 0.15) is 30.6 Å². The fourth-order valence-corrected chi connectivity index (χ4v) is 3.50. The fourth-order valence-electron chi connectivity index (χ4n) is 2.71. The number of hydrogen-bond donors (Lipinski definition) is 0. The summed E-state index contributed by atoms with van der Waals surface area (Å²) in [5.74, 6) is 3.86. The molecule has 0 saturated heterocycles. The van der Waals surface area contributed by atoms with E-state index in [1.165, 1.54) is 11.8 Å². The van der Waals surface area contributed by atoms with E-state index in [0.717, 1.165) is 17.3 Å². The van der Waals surface area contributed by atoms with Crippen molar-refractivity contribution in [2.75, 3.05) is 6.61 Å².